The van der Waals surface area contributed by atoms with Crippen LogP contribution in [0.15, 0.2) is 30.3 Å². The van der Waals surface area contributed by atoms with E-state index in [1.807, 2.05) is 30.3 Å². The summed E-state index contributed by atoms with van der Waals surface area (Å²) < 4.78 is 15.7. The van der Waals surface area contributed by atoms with E-state index in [9.17, 15) is 19.8 Å². The van der Waals surface area contributed by atoms with E-state index < -0.39 is 29.8 Å². The first-order valence-electron chi connectivity index (χ1n) is 11.2. The van der Waals surface area contributed by atoms with Gasteiger partial charge in [-0.05, 0) is 32.8 Å². The Kier molecular flexibility index (Phi) is 14.3. The molecule has 0 aromatic heterocycles. The maximum atomic E-state index is 11.9. The van der Waals surface area contributed by atoms with E-state index >= 15 is 0 Å². The first kappa shape index (κ1) is 28.8. The molecule has 1 unspecified atom stereocenters. The van der Waals surface area contributed by atoms with E-state index in [1.54, 1.807) is 20.8 Å². The van der Waals surface area contributed by atoms with Gasteiger partial charge in [0, 0.05) is 32.3 Å². The average molecular weight is 470 g/mol. The van der Waals surface area contributed by atoms with E-state index in [2.05, 4.69) is 16.0 Å². The summed E-state index contributed by atoms with van der Waals surface area (Å²) in [6, 6.07) is 8.89. The lowest BCUT2D eigenvalue weighted by Gasteiger charge is -2.23. The van der Waals surface area contributed by atoms with Crippen LogP contribution in [0.3, 0.4) is 0 Å². The van der Waals surface area contributed by atoms with Crippen LogP contribution in [-0.4, -0.2) is 86.0 Å². The Bertz CT molecular complexity index is 668. The van der Waals surface area contributed by atoms with E-state index in [0.717, 1.165) is 5.56 Å². The molecule has 2 atom stereocenters. The summed E-state index contributed by atoms with van der Waals surface area (Å²) in [6.07, 6.45) is -1.01. The summed E-state index contributed by atoms with van der Waals surface area (Å²) in [5.41, 5.74) is 0.353. The smallest absolute Gasteiger partial charge is 0.407 e. The van der Waals surface area contributed by atoms with Gasteiger partial charge in [-0.25, -0.2) is 4.79 Å². The zero-order valence-electron chi connectivity index (χ0n) is 19.8. The molecule has 1 aromatic carbocycles. The molecule has 0 fully saturated rings. The van der Waals surface area contributed by atoms with Crippen molar-refractivity contribution < 1.29 is 34.0 Å². The number of carbonyl (C=O) groups is 2. The summed E-state index contributed by atoms with van der Waals surface area (Å²) in [4.78, 5) is 23.4. The molecule has 10 nitrogen and oxygen atoms in total. The molecule has 0 spiro atoms. The highest BCUT2D eigenvalue weighted by Crippen LogP contribution is 2.06. The molecular formula is C23H39N3O7. The largest absolute Gasteiger partial charge is 0.460 e. The van der Waals surface area contributed by atoms with Crippen LogP contribution >= 0.6 is 0 Å². The second kappa shape index (κ2) is 16.4. The van der Waals surface area contributed by atoms with Crippen LogP contribution in [0.25, 0.3) is 0 Å². The van der Waals surface area contributed by atoms with Gasteiger partial charge in [0.05, 0.1) is 25.9 Å². The number of alkyl carbamates (subject to hydrolysis) is 1. The summed E-state index contributed by atoms with van der Waals surface area (Å²) in [5.74, 6) is -0.435. The van der Waals surface area contributed by atoms with Crippen molar-refractivity contribution in [2.45, 2.75) is 51.5 Å². The highest BCUT2D eigenvalue weighted by Gasteiger charge is 2.19. The Morgan fingerprint density at radius 3 is 2.45 bits per heavy atom. The zero-order valence-corrected chi connectivity index (χ0v) is 19.8. The minimum atomic E-state index is -0.812. The van der Waals surface area contributed by atoms with Gasteiger partial charge in [-0.3, -0.25) is 4.79 Å². The summed E-state index contributed by atoms with van der Waals surface area (Å²) in [6.45, 7) is 7.19. The molecule has 0 saturated heterocycles. The molecular weight excluding hydrogens is 430 g/mol. The zero-order chi connectivity index (χ0) is 24.5. The highest BCUT2D eigenvalue weighted by atomic mass is 16.6. The van der Waals surface area contributed by atoms with Crippen molar-refractivity contribution in [1.29, 1.82) is 0 Å². The molecule has 0 saturated carbocycles. The summed E-state index contributed by atoms with van der Waals surface area (Å²) >= 11 is 0. The average Bonchev–Trinajstić information content (AvgIpc) is 2.76. The van der Waals surface area contributed by atoms with Gasteiger partial charge in [0.2, 0.25) is 0 Å². The lowest BCUT2D eigenvalue weighted by Crippen LogP contribution is -2.47. The first-order valence-corrected chi connectivity index (χ1v) is 11.2. The molecule has 0 bridgehead atoms. The topological polar surface area (TPSA) is 138 Å². The van der Waals surface area contributed by atoms with Crippen LogP contribution in [-0.2, 0) is 25.6 Å². The molecule has 10 heteroatoms. The van der Waals surface area contributed by atoms with Gasteiger partial charge in [0.1, 0.15) is 12.2 Å². The van der Waals surface area contributed by atoms with Gasteiger partial charge >= 0.3 is 12.1 Å². The number of ether oxygens (including phenoxy) is 3. The van der Waals surface area contributed by atoms with Crippen molar-refractivity contribution >= 4 is 12.1 Å². The first-order chi connectivity index (χ1) is 15.7. The van der Waals surface area contributed by atoms with Crippen molar-refractivity contribution in [2.75, 3.05) is 46.0 Å². The van der Waals surface area contributed by atoms with E-state index in [0.29, 0.717) is 32.7 Å². The summed E-state index contributed by atoms with van der Waals surface area (Å²) in [5, 5.41) is 28.2. The maximum Gasteiger partial charge on any atom is 0.407 e. The molecule has 0 aliphatic rings. The van der Waals surface area contributed by atoms with Crippen LogP contribution < -0.4 is 16.0 Å². The van der Waals surface area contributed by atoms with Crippen molar-refractivity contribution in [3.05, 3.63) is 35.9 Å². The predicted molar refractivity (Wildman–Crippen MR) is 124 cm³/mol. The van der Waals surface area contributed by atoms with Gasteiger partial charge < -0.3 is 40.4 Å². The number of esters is 1. The number of hydrogen-bond acceptors (Lipinski definition) is 9. The Hall–Kier alpha value is -2.24. The quantitative estimate of drug-likeness (QED) is 0.174. The third-order valence-electron chi connectivity index (χ3n) is 4.35. The van der Waals surface area contributed by atoms with Gasteiger partial charge in [-0.1, -0.05) is 30.3 Å². The fourth-order valence-electron chi connectivity index (χ4n) is 2.75. The van der Waals surface area contributed by atoms with Crippen molar-refractivity contribution in [3.63, 3.8) is 0 Å². The lowest BCUT2D eigenvalue weighted by atomic mass is 10.1. The molecule has 1 rings (SSSR count). The van der Waals surface area contributed by atoms with Crippen LogP contribution in [0, 0.1) is 0 Å². The molecule has 0 radical (unpaired) electrons. The molecule has 0 aliphatic carbocycles. The van der Waals surface area contributed by atoms with Gasteiger partial charge in [-0.2, -0.15) is 0 Å². The molecule has 1 amide bonds. The van der Waals surface area contributed by atoms with E-state index in [1.165, 1.54) is 0 Å². The lowest BCUT2D eigenvalue weighted by molar-refractivity contribution is -0.144. The molecule has 0 aliphatic heterocycles. The third kappa shape index (κ3) is 15.3. The van der Waals surface area contributed by atoms with Crippen LogP contribution in [0.1, 0.15) is 32.8 Å². The van der Waals surface area contributed by atoms with E-state index in [4.69, 9.17) is 14.2 Å². The number of amides is 1. The van der Waals surface area contributed by atoms with Crippen LogP contribution in [0.2, 0.25) is 0 Å². The normalized spacial score (nSPS) is 13.2. The fourth-order valence-corrected chi connectivity index (χ4v) is 2.75. The SMILES string of the molecule is CC(C)(C)OC(=O)NCCOCCNCC(O)[C@H](CCO)NCC(=O)OCc1ccccc1. The monoisotopic (exact) mass is 469 g/mol. The minimum Gasteiger partial charge on any atom is -0.460 e. The summed E-state index contributed by atoms with van der Waals surface area (Å²) in [7, 11) is 0. The van der Waals surface area contributed by atoms with Crippen molar-refractivity contribution in [1.82, 2.24) is 16.0 Å². The van der Waals surface area contributed by atoms with Crippen molar-refractivity contribution in [3.8, 4) is 0 Å². The second-order valence-electron chi connectivity index (χ2n) is 8.46. The number of benzene rings is 1. The molecule has 5 N–H and O–H groups in total. The molecule has 0 heterocycles. The molecule has 1 aromatic rings. The van der Waals surface area contributed by atoms with Gasteiger partial charge in [0.25, 0.3) is 0 Å². The van der Waals surface area contributed by atoms with Crippen molar-refractivity contribution in [2.24, 2.45) is 0 Å². The Balaban J connectivity index is 2.14. The standard InChI is InChI=1S/C23H39N3O7/c1-23(2,3)33-22(30)25-11-14-31-13-10-24-15-20(28)19(9-12-27)26-16-21(29)32-17-18-7-5-4-6-8-18/h4-8,19-20,24,26-28H,9-17H2,1-3H3,(H,25,30)/t19-,20?/m0/s1. The minimum absolute atomic E-state index is 0.0671. The molecule has 188 valence electrons. The van der Waals surface area contributed by atoms with Gasteiger partial charge in [0.15, 0.2) is 0 Å². The number of rotatable bonds is 16. The number of nitrogens with one attached hydrogen (secondary N) is 3. The number of aliphatic hydroxyl groups is 2. The maximum absolute atomic E-state index is 11.9. The fraction of sp³-hybridized carbons (Fsp3) is 0.652. The Morgan fingerprint density at radius 1 is 1.09 bits per heavy atom. The number of hydrogen-bond donors (Lipinski definition) is 5. The number of aliphatic hydroxyl groups excluding tert-OH is 2. The third-order valence-corrected chi connectivity index (χ3v) is 4.35. The number of carbonyl (C=O) groups excluding carboxylic acids is 2. The molecule has 33 heavy (non-hydrogen) atoms. The second-order valence-corrected chi connectivity index (χ2v) is 8.46. The van der Waals surface area contributed by atoms with E-state index in [-0.39, 0.29) is 26.3 Å². The predicted octanol–water partition coefficient (Wildman–Crippen LogP) is 0.562. The van der Waals surface area contributed by atoms with Crippen LogP contribution in [0.5, 0.6) is 0 Å². The Labute approximate surface area is 196 Å². The van der Waals surface area contributed by atoms with Crippen LogP contribution in [0.4, 0.5) is 4.79 Å². The Morgan fingerprint density at radius 2 is 1.79 bits per heavy atom. The van der Waals surface area contributed by atoms with Gasteiger partial charge in [-0.15, -0.1) is 0 Å². The highest BCUT2D eigenvalue weighted by molar-refractivity contribution is 5.71.